The van der Waals surface area contributed by atoms with E-state index in [2.05, 4.69) is 43.3 Å². The highest BCUT2D eigenvalue weighted by Crippen LogP contribution is 2.22. The molecule has 0 heterocycles. The SMILES string of the molecule is CC(=O)CCC(N)c1ccc2cc(C)ccc2c1. The first-order valence-electron chi connectivity index (χ1n) is 6.31. The van der Waals surface area contributed by atoms with Crippen molar-refractivity contribution >= 4 is 16.6 Å². The van der Waals surface area contributed by atoms with Crippen molar-refractivity contribution in [3.63, 3.8) is 0 Å². The van der Waals surface area contributed by atoms with Gasteiger partial charge in [0.15, 0.2) is 0 Å². The van der Waals surface area contributed by atoms with Gasteiger partial charge in [-0.15, -0.1) is 0 Å². The molecule has 2 aromatic carbocycles. The van der Waals surface area contributed by atoms with Crippen LogP contribution in [0, 0.1) is 6.92 Å². The zero-order valence-corrected chi connectivity index (χ0v) is 10.9. The van der Waals surface area contributed by atoms with Crippen LogP contribution in [0.25, 0.3) is 10.8 Å². The van der Waals surface area contributed by atoms with Gasteiger partial charge in [-0.3, -0.25) is 0 Å². The predicted octanol–water partition coefficient (Wildman–Crippen LogP) is 3.52. The van der Waals surface area contributed by atoms with Gasteiger partial charge in [0, 0.05) is 12.5 Å². The zero-order valence-electron chi connectivity index (χ0n) is 10.9. The highest BCUT2D eigenvalue weighted by Gasteiger charge is 2.08. The Balaban J connectivity index is 2.24. The van der Waals surface area contributed by atoms with Crippen LogP contribution >= 0.6 is 0 Å². The van der Waals surface area contributed by atoms with E-state index in [4.69, 9.17) is 5.73 Å². The third-order valence-electron chi connectivity index (χ3n) is 3.26. The minimum absolute atomic E-state index is 0.0559. The maximum Gasteiger partial charge on any atom is 0.129 e. The summed E-state index contributed by atoms with van der Waals surface area (Å²) >= 11 is 0. The van der Waals surface area contributed by atoms with Crippen molar-refractivity contribution in [2.24, 2.45) is 5.73 Å². The summed E-state index contributed by atoms with van der Waals surface area (Å²) in [5.41, 5.74) is 8.48. The van der Waals surface area contributed by atoms with Crippen LogP contribution in [-0.2, 0) is 4.79 Å². The van der Waals surface area contributed by atoms with Gasteiger partial charge >= 0.3 is 0 Å². The van der Waals surface area contributed by atoms with Gasteiger partial charge in [0.05, 0.1) is 0 Å². The number of carbonyl (C=O) groups is 1. The fourth-order valence-electron chi connectivity index (χ4n) is 2.14. The van der Waals surface area contributed by atoms with Crippen LogP contribution in [0.1, 0.15) is 36.9 Å². The molecular formula is C16H19NO. The number of carbonyl (C=O) groups excluding carboxylic acids is 1. The Kier molecular flexibility index (Phi) is 3.78. The van der Waals surface area contributed by atoms with Gasteiger partial charge in [-0.25, -0.2) is 0 Å². The summed E-state index contributed by atoms with van der Waals surface area (Å²) in [6, 6.07) is 12.6. The average molecular weight is 241 g/mol. The molecule has 2 nitrogen and oxygen atoms in total. The van der Waals surface area contributed by atoms with E-state index in [0.29, 0.717) is 12.8 Å². The van der Waals surface area contributed by atoms with Crippen molar-refractivity contribution in [3.8, 4) is 0 Å². The van der Waals surface area contributed by atoms with E-state index in [1.54, 1.807) is 6.92 Å². The number of Topliss-reactive ketones (excluding diaryl/α,β-unsaturated/α-hetero) is 1. The first-order valence-corrected chi connectivity index (χ1v) is 6.31. The molecule has 2 rings (SSSR count). The largest absolute Gasteiger partial charge is 0.324 e. The second-order valence-electron chi connectivity index (χ2n) is 4.96. The molecule has 18 heavy (non-hydrogen) atoms. The molecule has 2 heteroatoms. The van der Waals surface area contributed by atoms with E-state index in [0.717, 1.165) is 5.56 Å². The Hall–Kier alpha value is -1.67. The van der Waals surface area contributed by atoms with Crippen molar-refractivity contribution in [2.45, 2.75) is 32.7 Å². The van der Waals surface area contributed by atoms with Crippen LogP contribution in [0.5, 0.6) is 0 Å². The molecule has 0 bridgehead atoms. The van der Waals surface area contributed by atoms with Gasteiger partial charge in [-0.1, -0.05) is 35.9 Å². The number of hydrogen-bond acceptors (Lipinski definition) is 2. The number of nitrogens with two attached hydrogens (primary N) is 1. The van der Waals surface area contributed by atoms with Gasteiger partial charge < -0.3 is 10.5 Å². The van der Waals surface area contributed by atoms with E-state index < -0.39 is 0 Å². The summed E-state index contributed by atoms with van der Waals surface area (Å²) < 4.78 is 0. The minimum atomic E-state index is -0.0559. The van der Waals surface area contributed by atoms with Crippen LogP contribution < -0.4 is 5.73 Å². The summed E-state index contributed by atoms with van der Waals surface area (Å²) in [4.78, 5) is 11.0. The zero-order chi connectivity index (χ0) is 13.1. The summed E-state index contributed by atoms with van der Waals surface area (Å²) in [5, 5.41) is 2.44. The molecule has 0 saturated heterocycles. The number of hydrogen-bond donors (Lipinski definition) is 1. The highest BCUT2D eigenvalue weighted by atomic mass is 16.1. The molecule has 2 aromatic rings. The third-order valence-corrected chi connectivity index (χ3v) is 3.26. The van der Waals surface area contributed by atoms with Crippen LogP contribution in [0.4, 0.5) is 0 Å². The van der Waals surface area contributed by atoms with E-state index in [1.165, 1.54) is 16.3 Å². The molecule has 0 aliphatic heterocycles. The average Bonchev–Trinajstić information content (AvgIpc) is 2.35. The number of aryl methyl sites for hydroxylation is 1. The van der Waals surface area contributed by atoms with Gasteiger partial charge in [0.1, 0.15) is 5.78 Å². The second kappa shape index (κ2) is 5.32. The van der Waals surface area contributed by atoms with Crippen molar-refractivity contribution in [1.82, 2.24) is 0 Å². The molecular weight excluding hydrogens is 222 g/mol. The van der Waals surface area contributed by atoms with Gasteiger partial charge in [0.25, 0.3) is 0 Å². The molecule has 0 aliphatic rings. The molecule has 0 radical (unpaired) electrons. The Bertz CT molecular complexity index is 574. The topological polar surface area (TPSA) is 43.1 Å². The van der Waals surface area contributed by atoms with Crippen LogP contribution in [0.2, 0.25) is 0 Å². The number of ketones is 1. The van der Waals surface area contributed by atoms with Gasteiger partial charge in [-0.05, 0) is 42.7 Å². The summed E-state index contributed by atoms with van der Waals surface area (Å²) in [7, 11) is 0. The molecule has 0 saturated carbocycles. The predicted molar refractivity (Wildman–Crippen MR) is 75.5 cm³/mol. The molecule has 0 aromatic heterocycles. The highest BCUT2D eigenvalue weighted by molar-refractivity contribution is 5.84. The lowest BCUT2D eigenvalue weighted by Gasteiger charge is -2.12. The van der Waals surface area contributed by atoms with E-state index in [-0.39, 0.29) is 11.8 Å². The van der Waals surface area contributed by atoms with Crippen LogP contribution in [0.15, 0.2) is 36.4 Å². The number of rotatable bonds is 4. The maximum atomic E-state index is 11.0. The van der Waals surface area contributed by atoms with Crippen LogP contribution in [0.3, 0.4) is 0 Å². The fraction of sp³-hybridized carbons (Fsp3) is 0.312. The molecule has 0 spiro atoms. The standard InChI is InChI=1S/C16H19NO/c1-11-3-5-14-10-15(7-6-13(14)9-11)16(17)8-4-12(2)18/h3,5-7,9-10,16H,4,8,17H2,1-2H3. The van der Waals surface area contributed by atoms with E-state index in [9.17, 15) is 4.79 Å². The maximum absolute atomic E-state index is 11.0. The molecule has 1 atom stereocenters. The Morgan fingerprint density at radius 2 is 1.83 bits per heavy atom. The summed E-state index contributed by atoms with van der Waals surface area (Å²) in [5.74, 6) is 0.196. The second-order valence-corrected chi connectivity index (χ2v) is 4.96. The smallest absolute Gasteiger partial charge is 0.129 e. The third kappa shape index (κ3) is 2.96. The van der Waals surface area contributed by atoms with Crippen molar-refractivity contribution in [1.29, 1.82) is 0 Å². The Labute approximate surface area is 108 Å². The van der Waals surface area contributed by atoms with Crippen molar-refractivity contribution in [2.75, 3.05) is 0 Å². The van der Waals surface area contributed by atoms with Crippen molar-refractivity contribution in [3.05, 3.63) is 47.5 Å². The normalized spacial score (nSPS) is 12.6. The van der Waals surface area contributed by atoms with Gasteiger partial charge in [0.2, 0.25) is 0 Å². The van der Waals surface area contributed by atoms with Gasteiger partial charge in [-0.2, -0.15) is 0 Å². The van der Waals surface area contributed by atoms with E-state index >= 15 is 0 Å². The Morgan fingerprint density at radius 1 is 1.17 bits per heavy atom. The molecule has 0 fully saturated rings. The quantitative estimate of drug-likeness (QED) is 0.890. The first-order chi connectivity index (χ1) is 8.56. The molecule has 0 aliphatic carbocycles. The lowest BCUT2D eigenvalue weighted by molar-refractivity contribution is -0.117. The summed E-state index contributed by atoms with van der Waals surface area (Å²) in [6.45, 7) is 3.70. The fourth-order valence-corrected chi connectivity index (χ4v) is 2.14. The lowest BCUT2D eigenvalue weighted by atomic mass is 9.98. The number of fused-ring (bicyclic) bond motifs is 1. The lowest BCUT2D eigenvalue weighted by Crippen LogP contribution is -2.11. The molecule has 1 unspecified atom stereocenters. The van der Waals surface area contributed by atoms with Crippen molar-refractivity contribution < 1.29 is 4.79 Å². The summed E-state index contributed by atoms with van der Waals surface area (Å²) in [6.07, 6.45) is 1.26. The molecule has 2 N–H and O–H groups in total. The molecule has 94 valence electrons. The molecule has 0 amide bonds. The van der Waals surface area contributed by atoms with Crippen LogP contribution in [-0.4, -0.2) is 5.78 Å². The monoisotopic (exact) mass is 241 g/mol. The Morgan fingerprint density at radius 3 is 2.56 bits per heavy atom. The van der Waals surface area contributed by atoms with E-state index in [1.807, 2.05) is 0 Å². The number of benzene rings is 2. The minimum Gasteiger partial charge on any atom is -0.324 e. The first kappa shape index (κ1) is 12.8.